The Morgan fingerprint density at radius 2 is 1.60 bits per heavy atom. The summed E-state index contributed by atoms with van der Waals surface area (Å²) in [6.45, 7) is 6.23. The lowest BCUT2D eigenvalue weighted by Gasteiger charge is -2.19. The van der Waals surface area contributed by atoms with Crippen LogP contribution in [-0.4, -0.2) is 24.5 Å². The van der Waals surface area contributed by atoms with Crippen molar-refractivity contribution in [1.82, 2.24) is 9.97 Å². The van der Waals surface area contributed by atoms with Crippen LogP contribution in [0.1, 0.15) is 26.3 Å². The van der Waals surface area contributed by atoms with Crippen LogP contribution in [0.5, 0.6) is 5.88 Å². The number of benzene rings is 4. The molecule has 0 spiro atoms. The highest BCUT2D eigenvalue weighted by atomic mass is 32.2. The van der Waals surface area contributed by atoms with E-state index < -0.39 is 16.1 Å². The first-order valence-electron chi connectivity index (χ1n) is 13.8. The molecule has 0 atom stereocenters. The molecule has 43 heavy (non-hydrogen) atoms. The Morgan fingerprint density at radius 3 is 2.35 bits per heavy atom. The fourth-order valence-electron chi connectivity index (χ4n) is 4.99. The Labute approximate surface area is 249 Å². The zero-order valence-corrected chi connectivity index (χ0v) is 24.7. The van der Waals surface area contributed by atoms with Gasteiger partial charge in [-0.05, 0) is 71.1 Å². The van der Waals surface area contributed by atoms with Gasteiger partial charge >= 0.3 is 6.09 Å². The van der Waals surface area contributed by atoms with Gasteiger partial charge in [0, 0.05) is 28.2 Å². The number of anilines is 2. The molecule has 2 heterocycles. The molecule has 0 saturated heterocycles. The molecule has 1 amide bonds. The smallest absolute Gasteiger partial charge is 0.392 e. The molecule has 0 aliphatic carbocycles. The summed E-state index contributed by atoms with van der Waals surface area (Å²) in [6.07, 6.45) is 1.01. The van der Waals surface area contributed by atoms with Gasteiger partial charge in [-0.2, -0.15) is 0 Å². The van der Waals surface area contributed by atoms with Crippen molar-refractivity contribution < 1.29 is 17.9 Å². The number of aromatic amines is 1. The highest BCUT2D eigenvalue weighted by molar-refractivity contribution is 7.92. The molecular formula is C34H30N4O4S. The van der Waals surface area contributed by atoms with Gasteiger partial charge in [0.15, 0.2) is 0 Å². The first-order chi connectivity index (χ1) is 20.6. The average Bonchev–Trinajstić information content (AvgIpc) is 3.34. The number of fused-ring (bicyclic) bond motifs is 2. The Morgan fingerprint density at radius 1 is 0.837 bits per heavy atom. The summed E-state index contributed by atoms with van der Waals surface area (Å²) in [5.41, 5.74) is 4.74. The monoisotopic (exact) mass is 590 g/mol. The van der Waals surface area contributed by atoms with Crippen molar-refractivity contribution in [2.45, 2.75) is 31.1 Å². The second-order valence-corrected chi connectivity index (χ2v) is 12.9. The molecule has 9 heteroatoms. The third-order valence-electron chi connectivity index (χ3n) is 7.19. The zero-order valence-electron chi connectivity index (χ0n) is 23.9. The zero-order chi connectivity index (χ0) is 30.2. The van der Waals surface area contributed by atoms with Gasteiger partial charge in [0.25, 0.3) is 10.0 Å². The average molecular weight is 591 g/mol. The van der Waals surface area contributed by atoms with E-state index >= 15 is 0 Å². The first kappa shape index (κ1) is 28.0. The number of carbonyl (C=O) groups is 1. The largest absolute Gasteiger partial charge is 0.418 e. The minimum atomic E-state index is -3.85. The number of pyridine rings is 1. The number of nitrogens with zero attached hydrogens (tertiary/aromatic N) is 1. The minimum absolute atomic E-state index is 0.0916. The molecule has 0 aliphatic rings. The van der Waals surface area contributed by atoms with E-state index in [1.54, 1.807) is 48.7 Å². The van der Waals surface area contributed by atoms with Crippen molar-refractivity contribution in [3.05, 3.63) is 115 Å². The Kier molecular flexibility index (Phi) is 7.11. The van der Waals surface area contributed by atoms with E-state index in [4.69, 9.17) is 4.74 Å². The normalized spacial score (nSPS) is 11.9. The van der Waals surface area contributed by atoms with Crippen molar-refractivity contribution in [2.24, 2.45) is 0 Å². The standard InChI is InChI=1S/C34H30N4O4S/c1-34(2,3)23-14-17-25(18-15-23)43(40,41)38-24-16-19-30-27(21-24)31(22-9-5-4-6-10-22)32(36-30)42-33(39)37-29-13-7-12-28-26(29)11-8-20-35-28/h4-21,36,38H,1-3H3,(H,37,39). The summed E-state index contributed by atoms with van der Waals surface area (Å²) < 4.78 is 35.1. The van der Waals surface area contributed by atoms with Crippen LogP contribution in [-0.2, 0) is 15.4 Å². The topological polar surface area (TPSA) is 113 Å². The third-order valence-corrected chi connectivity index (χ3v) is 8.58. The molecule has 216 valence electrons. The van der Waals surface area contributed by atoms with Gasteiger partial charge in [0.05, 0.1) is 21.7 Å². The highest BCUT2D eigenvalue weighted by Crippen LogP contribution is 2.39. The fourth-order valence-corrected chi connectivity index (χ4v) is 6.04. The molecule has 0 aliphatic heterocycles. The molecule has 2 aromatic heterocycles. The van der Waals surface area contributed by atoms with Gasteiger partial charge in [0.1, 0.15) is 0 Å². The summed E-state index contributed by atoms with van der Waals surface area (Å²) in [7, 11) is -3.85. The van der Waals surface area contributed by atoms with E-state index in [9.17, 15) is 13.2 Å². The Bertz CT molecular complexity index is 2060. The van der Waals surface area contributed by atoms with Gasteiger partial charge in [-0.1, -0.05) is 69.3 Å². The molecule has 3 N–H and O–H groups in total. The number of amides is 1. The number of carbonyl (C=O) groups excluding carboxylic acids is 1. The lowest BCUT2D eigenvalue weighted by molar-refractivity contribution is 0.214. The number of H-pyrrole nitrogens is 1. The molecule has 0 fully saturated rings. The lowest BCUT2D eigenvalue weighted by atomic mass is 9.87. The lowest BCUT2D eigenvalue weighted by Crippen LogP contribution is -2.17. The number of sulfonamides is 1. The summed E-state index contributed by atoms with van der Waals surface area (Å²) in [6, 6.07) is 30.6. The molecule has 0 saturated carbocycles. The van der Waals surface area contributed by atoms with E-state index in [0.717, 1.165) is 22.0 Å². The fraction of sp³-hybridized carbons (Fsp3) is 0.118. The summed E-state index contributed by atoms with van der Waals surface area (Å²) >= 11 is 0. The van der Waals surface area contributed by atoms with Crippen LogP contribution in [0, 0.1) is 0 Å². The predicted molar refractivity (Wildman–Crippen MR) is 171 cm³/mol. The molecule has 0 bridgehead atoms. The summed E-state index contributed by atoms with van der Waals surface area (Å²) in [4.78, 5) is 20.8. The van der Waals surface area contributed by atoms with Crippen molar-refractivity contribution in [3.8, 4) is 17.0 Å². The van der Waals surface area contributed by atoms with E-state index in [2.05, 4.69) is 40.8 Å². The van der Waals surface area contributed by atoms with Crippen LogP contribution in [0.4, 0.5) is 16.2 Å². The molecule has 0 unspecified atom stereocenters. The van der Waals surface area contributed by atoms with Crippen LogP contribution in [0.15, 0.2) is 114 Å². The van der Waals surface area contributed by atoms with Gasteiger partial charge in [-0.15, -0.1) is 0 Å². The molecule has 0 radical (unpaired) electrons. The minimum Gasteiger partial charge on any atom is -0.392 e. The SMILES string of the molecule is CC(C)(C)c1ccc(S(=O)(=O)Nc2ccc3[nH]c(OC(=O)Nc4cccc5ncccc45)c(-c4ccccc4)c3c2)cc1. The van der Waals surface area contributed by atoms with Gasteiger partial charge in [0.2, 0.25) is 5.88 Å². The Balaban J connectivity index is 1.33. The van der Waals surface area contributed by atoms with E-state index in [1.807, 2.05) is 60.7 Å². The van der Waals surface area contributed by atoms with Gasteiger partial charge in [-0.3, -0.25) is 15.0 Å². The summed E-state index contributed by atoms with van der Waals surface area (Å²) in [5.74, 6) is 0.231. The highest BCUT2D eigenvalue weighted by Gasteiger charge is 2.21. The second-order valence-electron chi connectivity index (χ2n) is 11.2. The quantitative estimate of drug-likeness (QED) is 0.181. The van der Waals surface area contributed by atoms with E-state index in [-0.39, 0.29) is 16.2 Å². The van der Waals surface area contributed by atoms with Crippen molar-refractivity contribution in [3.63, 3.8) is 0 Å². The predicted octanol–water partition coefficient (Wildman–Crippen LogP) is 8.09. The Hall–Kier alpha value is -5.15. The van der Waals surface area contributed by atoms with Crippen LogP contribution < -0.4 is 14.8 Å². The van der Waals surface area contributed by atoms with Gasteiger partial charge in [-0.25, -0.2) is 13.2 Å². The molecule has 6 aromatic rings. The van der Waals surface area contributed by atoms with Crippen molar-refractivity contribution >= 4 is 49.3 Å². The molecule has 8 nitrogen and oxygen atoms in total. The van der Waals surface area contributed by atoms with Crippen LogP contribution in [0.25, 0.3) is 32.9 Å². The molecule has 6 rings (SSSR count). The van der Waals surface area contributed by atoms with E-state index in [1.165, 1.54) is 0 Å². The van der Waals surface area contributed by atoms with Crippen molar-refractivity contribution in [1.29, 1.82) is 0 Å². The number of rotatable bonds is 6. The summed E-state index contributed by atoms with van der Waals surface area (Å²) in [5, 5.41) is 4.29. The number of nitrogens with one attached hydrogen (secondary N) is 3. The van der Waals surface area contributed by atoms with Crippen LogP contribution >= 0.6 is 0 Å². The van der Waals surface area contributed by atoms with Gasteiger partial charge < -0.3 is 9.72 Å². The number of aromatic nitrogens is 2. The number of hydrogen-bond donors (Lipinski definition) is 3. The third kappa shape index (κ3) is 5.80. The molecular weight excluding hydrogens is 560 g/mol. The van der Waals surface area contributed by atoms with E-state index in [0.29, 0.717) is 27.8 Å². The van der Waals surface area contributed by atoms with Crippen LogP contribution in [0.3, 0.4) is 0 Å². The van der Waals surface area contributed by atoms with Crippen molar-refractivity contribution in [2.75, 3.05) is 10.0 Å². The number of ether oxygens (including phenoxy) is 1. The van der Waals surface area contributed by atoms with Crippen LogP contribution in [0.2, 0.25) is 0 Å². The maximum absolute atomic E-state index is 13.3. The number of hydrogen-bond acceptors (Lipinski definition) is 5. The second kappa shape index (κ2) is 10.9. The maximum atomic E-state index is 13.3. The maximum Gasteiger partial charge on any atom is 0.418 e. The first-order valence-corrected chi connectivity index (χ1v) is 15.2. The molecule has 4 aromatic carbocycles.